The molecule has 2 aromatic carbocycles. The van der Waals surface area contributed by atoms with E-state index in [2.05, 4.69) is 32.9 Å². The van der Waals surface area contributed by atoms with Crippen LogP contribution < -0.4 is 5.32 Å². The number of carbonyl (C=O) groups is 2. The van der Waals surface area contributed by atoms with Crippen LogP contribution in [0.15, 0.2) is 47.5 Å². The van der Waals surface area contributed by atoms with Gasteiger partial charge in [-0.15, -0.1) is 0 Å². The third-order valence-electron chi connectivity index (χ3n) is 4.23. The summed E-state index contributed by atoms with van der Waals surface area (Å²) in [4.78, 5) is 31.0. The van der Waals surface area contributed by atoms with Gasteiger partial charge in [-0.3, -0.25) is 14.5 Å². The van der Waals surface area contributed by atoms with Gasteiger partial charge in [0.05, 0.1) is 5.69 Å². The Kier molecular flexibility index (Phi) is 6.21. The average molecular weight is 493 g/mol. The number of thioether (sulfide) groups is 1. The number of hydrogen-bond donors (Lipinski definition) is 1. The Hall–Kier alpha value is -1.87. The van der Waals surface area contributed by atoms with Crippen molar-refractivity contribution in [3.8, 4) is 0 Å². The third-order valence-corrected chi connectivity index (χ3v) is 6.18. The van der Waals surface area contributed by atoms with Gasteiger partial charge in [0.1, 0.15) is 5.25 Å². The standard InChI is InChI=1S/C20H20IN3O2S/c1-12-4-5-13(2)16(10-12)23-18(25)11-17-19(26)24(3)20(27-17)22-15-8-6-14(21)7-9-15/h4-10,17H,11H2,1-3H3,(H,23,25)/t17-/m1/s1. The van der Waals surface area contributed by atoms with Crippen molar-refractivity contribution in [3.63, 3.8) is 0 Å². The van der Waals surface area contributed by atoms with Crippen molar-refractivity contribution in [3.05, 3.63) is 57.2 Å². The summed E-state index contributed by atoms with van der Waals surface area (Å²) in [6.45, 7) is 3.93. The van der Waals surface area contributed by atoms with Crippen LogP contribution in [0.25, 0.3) is 0 Å². The van der Waals surface area contributed by atoms with E-state index in [1.54, 1.807) is 7.05 Å². The highest BCUT2D eigenvalue weighted by atomic mass is 127. The van der Waals surface area contributed by atoms with Crippen molar-refractivity contribution < 1.29 is 9.59 Å². The Labute approximate surface area is 176 Å². The molecule has 2 amide bonds. The first-order chi connectivity index (χ1) is 12.8. The second-order valence-corrected chi connectivity index (χ2v) is 8.86. The molecule has 0 saturated carbocycles. The van der Waals surface area contributed by atoms with Gasteiger partial charge in [0, 0.05) is 22.7 Å². The van der Waals surface area contributed by atoms with Crippen LogP contribution in [0, 0.1) is 17.4 Å². The van der Waals surface area contributed by atoms with Crippen LogP contribution in [0.3, 0.4) is 0 Å². The number of anilines is 1. The van der Waals surface area contributed by atoms with E-state index in [4.69, 9.17) is 0 Å². The summed E-state index contributed by atoms with van der Waals surface area (Å²) >= 11 is 3.57. The van der Waals surface area contributed by atoms with E-state index in [1.807, 2.05) is 56.3 Å². The first-order valence-electron chi connectivity index (χ1n) is 8.49. The van der Waals surface area contributed by atoms with Crippen LogP contribution in [0.5, 0.6) is 0 Å². The molecule has 5 nitrogen and oxygen atoms in total. The van der Waals surface area contributed by atoms with Crippen LogP contribution in [-0.2, 0) is 9.59 Å². The highest BCUT2D eigenvalue weighted by Crippen LogP contribution is 2.31. The van der Waals surface area contributed by atoms with Gasteiger partial charge in [-0.1, -0.05) is 23.9 Å². The Balaban J connectivity index is 1.68. The Morgan fingerprint density at radius 2 is 1.93 bits per heavy atom. The number of amidine groups is 1. The summed E-state index contributed by atoms with van der Waals surface area (Å²) in [6.07, 6.45) is 0.118. The number of amides is 2. The van der Waals surface area contributed by atoms with Crippen LogP contribution in [-0.4, -0.2) is 34.2 Å². The quantitative estimate of drug-likeness (QED) is 0.639. The molecule has 1 heterocycles. The van der Waals surface area contributed by atoms with Crippen molar-refractivity contribution in [2.24, 2.45) is 4.99 Å². The van der Waals surface area contributed by atoms with Gasteiger partial charge < -0.3 is 5.32 Å². The molecule has 0 bridgehead atoms. The monoisotopic (exact) mass is 493 g/mol. The molecule has 1 fully saturated rings. The smallest absolute Gasteiger partial charge is 0.242 e. The zero-order valence-electron chi connectivity index (χ0n) is 15.3. The summed E-state index contributed by atoms with van der Waals surface area (Å²) in [6, 6.07) is 13.7. The van der Waals surface area contributed by atoms with E-state index in [-0.39, 0.29) is 18.2 Å². The minimum absolute atomic E-state index is 0.0969. The predicted octanol–water partition coefficient (Wildman–Crippen LogP) is 4.50. The van der Waals surface area contributed by atoms with E-state index in [9.17, 15) is 9.59 Å². The maximum absolute atomic E-state index is 12.5. The van der Waals surface area contributed by atoms with Gasteiger partial charge >= 0.3 is 0 Å². The molecule has 140 valence electrons. The largest absolute Gasteiger partial charge is 0.326 e. The lowest BCUT2D eigenvalue weighted by Crippen LogP contribution is -2.30. The molecular weight excluding hydrogens is 473 g/mol. The average Bonchev–Trinajstić information content (AvgIpc) is 2.88. The number of nitrogens with zero attached hydrogens (tertiary/aromatic N) is 2. The number of hydrogen-bond acceptors (Lipinski definition) is 4. The van der Waals surface area contributed by atoms with Gasteiger partial charge in [-0.05, 0) is 77.9 Å². The van der Waals surface area contributed by atoms with Crippen molar-refractivity contribution >= 4 is 62.7 Å². The topological polar surface area (TPSA) is 61.8 Å². The first-order valence-corrected chi connectivity index (χ1v) is 10.4. The molecule has 1 atom stereocenters. The van der Waals surface area contributed by atoms with Gasteiger partial charge in [0.2, 0.25) is 11.8 Å². The molecule has 0 spiro atoms. The molecule has 1 N–H and O–H groups in total. The Morgan fingerprint density at radius 1 is 1.22 bits per heavy atom. The van der Waals surface area contributed by atoms with E-state index in [1.165, 1.54) is 16.7 Å². The zero-order valence-corrected chi connectivity index (χ0v) is 18.3. The number of benzene rings is 2. The lowest BCUT2D eigenvalue weighted by molar-refractivity contribution is -0.127. The molecule has 0 aliphatic carbocycles. The summed E-state index contributed by atoms with van der Waals surface area (Å²) in [5, 5.41) is 3.08. The second-order valence-electron chi connectivity index (χ2n) is 6.45. The number of aryl methyl sites for hydroxylation is 2. The lowest BCUT2D eigenvalue weighted by atomic mass is 10.1. The van der Waals surface area contributed by atoms with Crippen molar-refractivity contribution in [1.82, 2.24) is 4.90 Å². The molecule has 2 aromatic rings. The first kappa shape index (κ1) is 19.9. The fraction of sp³-hybridized carbons (Fsp3) is 0.250. The Morgan fingerprint density at radius 3 is 2.63 bits per heavy atom. The third kappa shape index (κ3) is 4.90. The summed E-state index contributed by atoms with van der Waals surface area (Å²) < 4.78 is 1.13. The lowest BCUT2D eigenvalue weighted by Gasteiger charge is -2.11. The minimum atomic E-state index is -0.456. The molecule has 27 heavy (non-hydrogen) atoms. The fourth-order valence-corrected chi connectivity index (χ4v) is 4.18. The minimum Gasteiger partial charge on any atom is -0.326 e. The van der Waals surface area contributed by atoms with E-state index in [0.717, 1.165) is 26.1 Å². The van der Waals surface area contributed by atoms with Crippen LogP contribution >= 0.6 is 34.4 Å². The van der Waals surface area contributed by atoms with E-state index in [0.29, 0.717) is 5.17 Å². The maximum Gasteiger partial charge on any atom is 0.242 e. The van der Waals surface area contributed by atoms with E-state index < -0.39 is 5.25 Å². The van der Waals surface area contributed by atoms with Gasteiger partial charge in [-0.2, -0.15) is 0 Å². The SMILES string of the molecule is Cc1ccc(C)c(NC(=O)C[C@H]2SC(=Nc3ccc(I)cc3)N(C)C2=O)c1. The molecule has 3 rings (SSSR count). The molecule has 1 aliphatic heterocycles. The molecule has 1 saturated heterocycles. The second kappa shape index (κ2) is 8.43. The van der Waals surface area contributed by atoms with Crippen LogP contribution in [0.4, 0.5) is 11.4 Å². The van der Waals surface area contributed by atoms with Crippen molar-refractivity contribution in [1.29, 1.82) is 0 Å². The van der Waals surface area contributed by atoms with Crippen LogP contribution in [0.1, 0.15) is 17.5 Å². The number of aliphatic imine (C=N–C) groups is 1. The highest BCUT2D eigenvalue weighted by molar-refractivity contribution is 14.1. The summed E-state index contributed by atoms with van der Waals surface area (Å²) in [7, 11) is 1.70. The van der Waals surface area contributed by atoms with Crippen LogP contribution in [0.2, 0.25) is 0 Å². The zero-order chi connectivity index (χ0) is 19.6. The van der Waals surface area contributed by atoms with Crippen molar-refractivity contribution in [2.45, 2.75) is 25.5 Å². The normalized spacial score (nSPS) is 18.2. The molecule has 0 unspecified atom stereocenters. The molecule has 0 radical (unpaired) electrons. The fourth-order valence-electron chi connectivity index (χ4n) is 2.66. The number of rotatable bonds is 4. The molecule has 0 aromatic heterocycles. The van der Waals surface area contributed by atoms with Gasteiger partial charge in [-0.25, -0.2) is 4.99 Å². The predicted molar refractivity (Wildman–Crippen MR) is 120 cm³/mol. The molecular formula is C20H20IN3O2S. The molecule has 7 heteroatoms. The number of carbonyl (C=O) groups excluding carboxylic acids is 2. The number of nitrogens with one attached hydrogen (secondary N) is 1. The maximum atomic E-state index is 12.5. The summed E-state index contributed by atoms with van der Waals surface area (Å²) in [5.74, 6) is -0.265. The van der Waals surface area contributed by atoms with E-state index >= 15 is 0 Å². The highest BCUT2D eigenvalue weighted by Gasteiger charge is 2.37. The van der Waals surface area contributed by atoms with Gasteiger partial charge in [0.15, 0.2) is 5.17 Å². The number of halogens is 1. The molecule has 1 aliphatic rings. The Bertz CT molecular complexity index is 912. The summed E-state index contributed by atoms with van der Waals surface area (Å²) in [5.41, 5.74) is 3.65. The van der Waals surface area contributed by atoms with Crippen molar-refractivity contribution in [2.75, 3.05) is 12.4 Å². The van der Waals surface area contributed by atoms with Gasteiger partial charge in [0.25, 0.3) is 0 Å².